The quantitative estimate of drug-likeness (QED) is 0.746. The first kappa shape index (κ1) is 9.37. The van der Waals surface area contributed by atoms with Crippen molar-refractivity contribution in [1.82, 2.24) is 4.98 Å². The van der Waals surface area contributed by atoms with E-state index in [9.17, 15) is 8.78 Å². The molecule has 1 aliphatic rings. The lowest BCUT2D eigenvalue weighted by molar-refractivity contribution is -0.0330. The monoisotopic (exact) mass is 199 g/mol. The summed E-state index contributed by atoms with van der Waals surface area (Å²) < 4.78 is 32.0. The van der Waals surface area contributed by atoms with E-state index in [0.717, 1.165) is 0 Å². The van der Waals surface area contributed by atoms with Crippen LogP contribution in [0.25, 0.3) is 0 Å². The number of hydrogen-bond donors (Lipinski definition) is 0. The van der Waals surface area contributed by atoms with Crippen molar-refractivity contribution in [2.45, 2.75) is 18.8 Å². The molecule has 0 atom stereocenters. The molecule has 0 aliphatic heterocycles. The highest BCUT2D eigenvalue weighted by molar-refractivity contribution is 5.26. The molecule has 0 radical (unpaired) electrons. The van der Waals surface area contributed by atoms with E-state index < -0.39 is 11.8 Å². The molecule has 1 heterocycles. The lowest BCUT2D eigenvalue weighted by Gasteiger charge is -2.14. The van der Waals surface area contributed by atoms with E-state index in [0.29, 0.717) is 18.6 Å². The highest BCUT2D eigenvalue weighted by atomic mass is 19.3. The first-order chi connectivity index (χ1) is 6.64. The van der Waals surface area contributed by atoms with Crippen molar-refractivity contribution < 1.29 is 13.5 Å². The van der Waals surface area contributed by atoms with Gasteiger partial charge in [-0.1, -0.05) is 0 Å². The Balaban J connectivity index is 2.30. The van der Waals surface area contributed by atoms with Crippen molar-refractivity contribution >= 4 is 0 Å². The van der Waals surface area contributed by atoms with E-state index in [1.165, 1.54) is 19.4 Å². The Bertz CT molecular complexity index is 337. The Hall–Kier alpha value is -1.19. The Labute approximate surface area is 80.9 Å². The summed E-state index contributed by atoms with van der Waals surface area (Å²) in [4.78, 5) is 3.69. The lowest BCUT2D eigenvalue weighted by Crippen LogP contribution is -2.17. The largest absolute Gasteiger partial charge is 0.497 e. The molecule has 1 aliphatic carbocycles. The van der Waals surface area contributed by atoms with Crippen molar-refractivity contribution in [2.24, 2.45) is 5.92 Å². The zero-order valence-corrected chi connectivity index (χ0v) is 7.84. The number of hydrogen-bond acceptors (Lipinski definition) is 2. The van der Waals surface area contributed by atoms with Gasteiger partial charge in [0.1, 0.15) is 11.4 Å². The van der Waals surface area contributed by atoms with Gasteiger partial charge in [0.15, 0.2) is 0 Å². The SMILES string of the molecule is COc1ccnc(C(F)(F)C2CC2)c1. The number of methoxy groups -OCH3 is 1. The maximum absolute atomic E-state index is 13.5. The Kier molecular flexibility index (Phi) is 2.13. The predicted molar refractivity (Wildman–Crippen MR) is 47.4 cm³/mol. The molecule has 0 saturated heterocycles. The summed E-state index contributed by atoms with van der Waals surface area (Å²) in [7, 11) is 1.45. The first-order valence-corrected chi connectivity index (χ1v) is 4.53. The summed E-state index contributed by atoms with van der Waals surface area (Å²) >= 11 is 0. The molecule has 0 unspecified atom stereocenters. The highest BCUT2D eigenvalue weighted by Gasteiger charge is 2.49. The van der Waals surface area contributed by atoms with Crippen LogP contribution in [0.4, 0.5) is 8.78 Å². The van der Waals surface area contributed by atoms with Crippen LogP contribution in [0.3, 0.4) is 0 Å². The minimum atomic E-state index is -2.80. The van der Waals surface area contributed by atoms with Gasteiger partial charge in [0, 0.05) is 18.2 Å². The van der Waals surface area contributed by atoms with Crippen LogP contribution in [-0.4, -0.2) is 12.1 Å². The number of aromatic nitrogens is 1. The summed E-state index contributed by atoms with van der Waals surface area (Å²) in [6.07, 6.45) is 2.53. The van der Waals surface area contributed by atoms with Crippen LogP contribution in [-0.2, 0) is 5.92 Å². The Morgan fingerprint density at radius 1 is 1.50 bits per heavy atom. The molecule has 14 heavy (non-hydrogen) atoms. The summed E-state index contributed by atoms with van der Waals surface area (Å²) in [6.45, 7) is 0. The predicted octanol–water partition coefficient (Wildman–Crippen LogP) is 2.59. The molecule has 1 aromatic heterocycles. The zero-order chi connectivity index (χ0) is 10.2. The van der Waals surface area contributed by atoms with Gasteiger partial charge >= 0.3 is 0 Å². The van der Waals surface area contributed by atoms with E-state index in [-0.39, 0.29) is 5.69 Å². The number of ether oxygens (including phenoxy) is 1. The fourth-order valence-electron chi connectivity index (χ4n) is 1.38. The van der Waals surface area contributed by atoms with Gasteiger partial charge < -0.3 is 4.74 Å². The van der Waals surface area contributed by atoms with Crippen molar-refractivity contribution in [3.8, 4) is 5.75 Å². The average Bonchev–Trinajstić information content (AvgIpc) is 3.01. The zero-order valence-electron chi connectivity index (χ0n) is 7.84. The van der Waals surface area contributed by atoms with Crippen molar-refractivity contribution in [3.63, 3.8) is 0 Å². The van der Waals surface area contributed by atoms with Gasteiger partial charge in [0.05, 0.1) is 7.11 Å². The van der Waals surface area contributed by atoms with Crippen molar-refractivity contribution in [1.29, 1.82) is 0 Å². The standard InChI is InChI=1S/C10H11F2NO/c1-14-8-4-5-13-9(6-8)10(11,12)7-2-3-7/h4-7H,2-3H2,1H3. The first-order valence-electron chi connectivity index (χ1n) is 4.53. The molecule has 0 spiro atoms. The topological polar surface area (TPSA) is 22.1 Å². The van der Waals surface area contributed by atoms with Crippen LogP contribution in [0.15, 0.2) is 18.3 Å². The molecule has 0 N–H and O–H groups in total. The molecule has 2 nitrogen and oxygen atoms in total. The average molecular weight is 199 g/mol. The molecule has 2 rings (SSSR count). The number of nitrogens with zero attached hydrogens (tertiary/aromatic N) is 1. The molecule has 0 aromatic carbocycles. The number of pyridine rings is 1. The second-order valence-electron chi connectivity index (χ2n) is 3.48. The fraction of sp³-hybridized carbons (Fsp3) is 0.500. The Morgan fingerprint density at radius 3 is 2.79 bits per heavy atom. The lowest BCUT2D eigenvalue weighted by atomic mass is 10.1. The minimum absolute atomic E-state index is 0.181. The second kappa shape index (κ2) is 3.19. The van der Waals surface area contributed by atoms with Crippen LogP contribution in [0.1, 0.15) is 18.5 Å². The van der Waals surface area contributed by atoms with E-state index in [4.69, 9.17) is 4.74 Å². The molecule has 0 amide bonds. The molecule has 1 saturated carbocycles. The fourth-order valence-corrected chi connectivity index (χ4v) is 1.38. The van der Waals surface area contributed by atoms with Gasteiger partial charge in [-0.15, -0.1) is 0 Å². The minimum Gasteiger partial charge on any atom is -0.497 e. The maximum atomic E-state index is 13.5. The van der Waals surface area contributed by atoms with Crippen LogP contribution in [0.5, 0.6) is 5.75 Å². The van der Waals surface area contributed by atoms with E-state index in [2.05, 4.69) is 4.98 Å². The second-order valence-corrected chi connectivity index (χ2v) is 3.48. The van der Waals surface area contributed by atoms with Crippen molar-refractivity contribution in [3.05, 3.63) is 24.0 Å². The van der Waals surface area contributed by atoms with Gasteiger partial charge in [-0.25, -0.2) is 0 Å². The third-order valence-electron chi connectivity index (χ3n) is 2.40. The number of rotatable bonds is 3. The smallest absolute Gasteiger partial charge is 0.292 e. The van der Waals surface area contributed by atoms with Crippen molar-refractivity contribution in [2.75, 3.05) is 7.11 Å². The third kappa shape index (κ3) is 1.56. The van der Waals surface area contributed by atoms with Crippen LogP contribution in [0, 0.1) is 5.92 Å². The molecule has 4 heteroatoms. The number of alkyl halides is 2. The van der Waals surface area contributed by atoms with E-state index in [1.807, 2.05) is 0 Å². The third-order valence-corrected chi connectivity index (χ3v) is 2.40. The van der Waals surface area contributed by atoms with Gasteiger partial charge in [0.2, 0.25) is 0 Å². The van der Waals surface area contributed by atoms with E-state index in [1.54, 1.807) is 6.07 Å². The van der Waals surface area contributed by atoms with Gasteiger partial charge in [-0.3, -0.25) is 4.98 Å². The highest BCUT2D eigenvalue weighted by Crippen LogP contribution is 2.49. The summed E-state index contributed by atoms with van der Waals surface area (Å²) in [6, 6.07) is 2.87. The Morgan fingerprint density at radius 2 is 2.21 bits per heavy atom. The van der Waals surface area contributed by atoms with Gasteiger partial charge in [-0.2, -0.15) is 8.78 Å². The maximum Gasteiger partial charge on any atom is 0.292 e. The molecule has 0 bridgehead atoms. The normalized spacial score (nSPS) is 16.8. The summed E-state index contributed by atoms with van der Waals surface area (Å²) in [5.41, 5.74) is -0.181. The van der Waals surface area contributed by atoms with Gasteiger partial charge in [0.25, 0.3) is 5.92 Å². The molecular weight excluding hydrogens is 188 g/mol. The molecule has 76 valence electrons. The number of halogens is 2. The van der Waals surface area contributed by atoms with Crippen LogP contribution in [0.2, 0.25) is 0 Å². The summed E-state index contributed by atoms with van der Waals surface area (Å²) in [5.74, 6) is -2.90. The van der Waals surface area contributed by atoms with Gasteiger partial charge in [-0.05, 0) is 18.9 Å². The van der Waals surface area contributed by atoms with E-state index >= 15 is 0 Å². The summed E-state index contributed by atoms with van der Waals surface area (Å²) in [5, 5.41) is 0. The molecule has 1 fully saturated rings. The molecule has 1 aromatic rings. The van der Waals surface area contributed by atoms with Crippen LogP contribution < -0.4 is 4.74 Å². The molecular formula is C10H11F2NO. The van der Waals surface area contributed by atoms with Crippen LogP contribution >= 0.6 is 0 Å².